The fourth-order valence-corrected chi connectivity index (χ4v) is 4.84. The molecule has 7 heteroatoms. The van der Waals surface area contributed by atoms with E-state index in [0.717, 1.165) is 51.3 Å². The van der Waals surface area contributed by atoms with Crippen LogP contribution in [0, 0.1) is 0 Å². The van der Waals surface area contributed by atoms with E-state index in [4.69, 9.17) is 16.3 Å². The highest BCUT2D eigenvalue weighted by molar-refractivity contribution is 8.00. The lowest BCUT2D eigenvalue weighted by Gasteiger charge is -2.22. The van der Waals surface area contributed by atoms with Crippen molar-refractivity contribution in [2.75, 3.05) is 17.1 Å². The molecule has 0 saturated heterocycles. The summed E-state index contributed by atoms with van der Waals surface area (Å²) in [4.78, 5) is 10.0. The van der Waals surface area contributed by atoms with Crippen LogP contribution in [0.4, 0.5) is 11.6 Å². The lowest BCUT2D eigenvalue weighted by molar-refractivity contribution is 0.410. The molecule has 32 heavy (non-hydrogen) atoms. The second kappa shape index (κ2) is 11.4. The Morgan fingerprint density at radius 3 is 2.56 bits per heavy atom. The largest absolute Gasteiger partial charge is 0.496 e. The molecule has 1 aliphatic rings. The summed E-state index contributed by atoms with van der Waals surface area (Å²) < 4.78 is 8.98. The van der Waals surface area contributed by atoms with Gasteiger partial charge in [0.15, 0.2) is 0 Å². The molecular weight excluding hydrogens is 440 g/mol. The van der Waals surface area contributed by atoms with Crippen molar-refractivity contribution >= 4 is 35.2 Å². The normalized spacial score (nSPS) is 14.2. The Morgan fingerprint density at radius 1 is 1.03 bits per heavy atom. The smallest absolute Gasteiger partial charge is 0.222 e. The van der Waals surface area contributed by atoms with Crippen LogP contribution in [-0.4, -0.2) is 23.1 Å². The number of aryl methyl sites for hydroxylation is 2. The number of rotatable bonds is 9. The molecule has 1 aliphatic carbocycles. The summed E-state index contributed by atoms with van der Waals surface area (Å²) in [7, 11) is 1.71. The predicted molar refractivity (Wildman–Crippen MR) is 134 cm³/mol. The molecule has 0 bridgehead atoms. The van der Waals surface area contributed by atoms with Crippen molar-refractivity contribution < 1.29 is 4.74 Å². The number of anilines is 2. The first-order chi connectivity index (χ1) is 15.7. The van der Waals surface area contributed by atoms with E-state index >= 15 is 0 Å². The van der Waals surface area contributed by atoms with E-state index < -0.39 is 0 Å². The van der Waals surface area contributed by atoms with Crippen molar-refractivity contribution in [1.82, 2.24) is 9.97 Å². The maximum atomic E-state index is 6.23. The van der Waals surface area contributed by atoms with Crippen LogP contribution >= 0.6 is 23.5 Å². The van der Waals surface area contributed by atoms with Gasteiger partial charge in [-0.05, 0) is 67.0 Å². The molecule has 1 fully saturated rings. The Hall–Kier alpha value is -2.44. The maximum Gasteiger partial charge on any atom is 0.222 e. The van der Waals surface area contributed by atoms with Crippen LogP contribution in [0.3, 0.4) is 0 Å². The Kier molecular flexibility index (Phi) is 8.13. The zero-order chi connectivity index (χ0) is 22.2. The van der Waals surface area contributed by atoms with Gasteiger partial charge in [0.05, 0.1) is 12.1 Å². The van der Waals surface area contributed by atoms with Gasteiger partial charge >= 0.3 is 0 Å². The quantitative estimate of drug-likeness (QED) is 0.337. The molecular formula is C25H29ClN4OS. The van der Waals surface area contributed by atoms with Gasteiger partial charge in [-0.25, -0.2) is 9.97 Å². The number of aromatic nitrogens is 2. The van der Waals surface area contributed by atoms with Gasteiger partial charge in [0.2, 0.25) is 5.95 Å². The molecule has 0 amide bonds. The van der Waals surface area contributed by atoms with Crippen LogP contribution in [0.2, 0.25) is 5.02 Å². The standard InChI is InChI=1S/C25H29ClN4OS/c1-31-23-15-21(30-32-24-10-6-5-9-22(24)26)14-13-19(23)12-11-18-16-27-25(28-17-18)29-20-7-3-2-4-8-20/h5-6,9-10,13-17,20,30H,2-4,7-8,11-12H2,1H3,(H,27,28,29). The van der Waals surface area contributed by atoms with E-state index in [1.54, 1.807) is 7.11 Å². The van der Waals surface area contributed by atoms with Crippen molar-refractivity contribution in [2.24, 2.45) is 0 Å². The molecule has 2 N–H and O–H groups in total. The number of benzene rings is 2. The van der Waals surface area contributed by atoms with Crippen LogP contribution < -0.4 is 14.8 Å². The highest BCUT2D eigenvalue weighted by Gasteiger charge is 2.14. The number of ether oxygens (including phenoxy) is 1. The van der Waals surface area contributed by atoms with Crippen LogP contribution in [-0.2, 0) is 12.8 Å². The molecule has 2 aromatic carbocycles. The molecule has 5 nitrogen and oxygen atoms in total. The SMILES string of the molecule is COc1cc(NSc2ccccc2Cl)ccc1CCc1cnc(NC2CCCCC2)nc1. The average Bonchev–Trinajstić information content (AvgIpc) is 2.84. The van der Waals surface area contributed by atoms with E-state index in [0.29, 0.717) is 6.04 Å². The first kappa shape index (κ1) is 22.7. The van der Waals surface area contributed by atoms with Crippen molar-refractivity contribution in [3.63, 3.8) is 0 Å². The molecule has 0 radical (unpaired) electrons. The molecule has 0 unspecified atom stereocenters. The summed E-state index contributed by atoms with van der Waals surface area (Å²) in [6.07, 6.45) is 12.0. The van der Waals surface area contributed by atoms with Gasteiger partial charge in [-0.1, -0.05) is 49.1 Å². The van der Waals surface area contributed by atoms with Gasteiger partial charge in [0.1, 0.15) is 5.75 Å². The van der Waals surface area contributed by atoms with Crippen molar-refractivity contribution in [2.45, 2.75) is 55.9 Å². The second-order valence-corrected chi connectivity index (χ2v) is 9.31. The lowest BCUT2D eigenvalue weighted by Crippen LogP contribution is -2.23. The molecule has 0 aliphatic heterocycles. The highest BCUT2D eigenvalue weighted by Crippen LogP contribution is 2.31. The predicted octanol–water partition coefficient (Wildman–Crippen LogP) is 6.79. The molecule has 0 spiro atoms. The molecule has 1 saturated carbocycles. The first-order valence-corrected chi connectivity index (χ1v) is 12.3. The Bertz CT molecular complexity index is 1010. The Morgan fingerprint density at radius 2 is 1.81 bits per heavy atom. The van der Waals surface area contributed by atoms with Crippen LogP contribution in [0.25, 0.3) is 0 Å². The van der Waals surface area contributed by atoms with Gasteiger partial charge < -0.3 is 14.8 Å². The van der Waals surface area contributed by atoms with Crippen LogP contribution in [0.15, 0.2) is 59.8 Å². The second-order valence-electron chi connectivity index (χ2n) is 8.06. The van der Waals surface area contributed by atoms with Crippen LogP contribution in [0.1, 0.15) is 43.2 Å². The van der Waals surface area contributed by atoms with Crippen molar-refractivity contribution in [3.8, 4) is 5.75 Å². The average molecular weight is 469 g/mol. The van der Waals surface area contributed by atoms with E-state index in [-0.39, 0.29) is 0 Å². The van der Waals surface area contributed by atoms with Gasteiger partial charge in [0, 0.05) is 35.1 Å². The third-order valence-electron chi connectivity index (χ3n) is 5.73. The van der Waals surface area contributed by atoms with E-state index in [9.17, 15) is 0 Å². The summed E-state index contributed by atoms with van der Waals surface area (Å²) >= 11 is 7.72. The summed E-state index contributed by atoms with van der Waals surface area (Å²) in [6.45, 7) is 0. The topological polar surface area (TPSA) is 59.1 Å². The van der Waals surface area contributed by atoms with E-state index in [1.807, 2.05) is 42.7 Å². The maximum absolute atomic E-state index is 6.23. The zero-order valence-corrected chi connectivity index (χ0v) is 19.9. The lowest BCUT2D eigenvalue weighted by atomic mass is 9.96. The molecule has 4 rings (SSSR count). The van der Waals surface area contributed by atoms with E-state index in [1.165, 1.54) is 44.1 Å². The number of halogens is 1. The summed E-state index contributed by atoms with van der Waals surface area (Å²) in [6, 6.07) is 14.5. The summed E-state index contributed by atoms with van der Waals surface area (Å²) in [5.74, 6) is 1.61. The van der Waals surface area contributed by atoms with Gasteiger partial charge in [-0.2, -0.15) is 0 Å². The molecule has 168 valence electrons. The molecule has 3 aromatic rings. The minimum Gasteiger partial charge on any atom is -0.496 e. The minimum atomic E-state index is 0.516. The number of nitrogens with zero attached hydrogens (tertiary/aromatic N) is 2. The number of methoxy groups -OCH3 is 1. The van der Waals surface area contributed by atoms with E-state index in [2.05, 4.69) is 32.1 Å². The van der Waals surface area contributed by atoms with Gasteiger partial charge in [0.25, 0.3) is 0 Å². The van der Waals surface area contributed by atoms with Crippen LogP contribution in [0.5, 0.6) is 5.75 Å². The van der Waals surface area contributed by atoms with Gasteiger partial charge in [-0.3, -0.25) is 0 Å². The highest BCUT2D eigenvalue weighted by atomic mass is 35.5. The minimum absolute atomic E-state index is 0.516. The Labute approximate surface area is 199 Å². The number of hydrogen-bond acceptors (Lipinski definition) is 6. The van der Waals surface area contributed by atoms with Gasteiger partial charge in [-0.15, -0.1) is 0 Å². The first-order valence-electron chi connectivity index (χ1n) is 11.1. The Balaban J connectivity index is 1.32. The fraction of sp³-hybridized carbons (Fsp3) is 0.360. The summed E-state index contributed by atoms with van der Waals surface area (Å²) in [5, 5.41) is 4.21. The molecule has 0 atom stereocenters. The van der Waals surface area contributed by atoms with Crippen molar-refractivity contribution in [1.29, 1.82) is 0 Å². The zero-order valence-electron chi connectivity index (χ0n) is 18.3. The molecule has 1 heterocycles. The molecule has 1 aromatic heterocycles. The fourth-order valence-electron chi connectivity index (χ4n) is 3.92. The summed E-state index contributed by atoms with van der Waals surface area (Å²) in [5.41, 5.74) is 3.25. The monoisotopic (exact) mass is 468 g/mol. The third-order valence-corrected chi connectivity index (χ3v) is 7.08. The number of hydrogen-bond donors (Lipinski definition) is 2. The van der Waals surface area contributed by atoms with Crippen molar-refractivity contribution in [3.05, 3.63) is 71.0 Å². The number of nitrogens with one attached hydrogen (secondary N) is 2. The third kappa shape index (κ3) is 6.30.